The third kappa shape index (κ3) is 3.19. The average molecular weight is 365 g/mol. The number of rotatable bonds is 4. The van der Waals surface area contributed by atoms with Gasteiger partial charge < -0.3 is 15.6 Å². The number of hydrogen-bond acceptors (Lipinski definition) is 3. The molecule has 4 rings (SSSR count). The number of benzene rings is 2. The number of pyridine rings is 1. The number of H-pyrrole nitrogens is 1. The molecule has 1 aliphatic rings. The SMILES string of the molecule is O=C(NCCC1C(=O)Nc2ccccc21)c1cc(=O)[nH]c2ccc(F)cc12. The molecular formula is C20H16FN3O3. The van der Waals surface area contributed by atoms with Crippen LogP contribution in [0.25, 0.3) is 10.9 Å². The van der Waals surface area contributed by atoms with E-state index in [2.05, 4.69) is 15.6 Å². The van der Waals surface area contributed by atoms with Gasteiger partial charge in [-0.1, -0.05) is 18.2 Å². The Kier molecular flexibility index (Phi) is 4.19. The lowest BCUT2D eigenvalue weighted by atomic mass is 9.97. The highest BCUT2D eigenvalue weighted by Crippen LogP contribution is 2.33. The summed E-state index contributed by atoms with van der Waals surface area (Å²) in [5.74, 6) is -1.42. The van der Waals surface area contributed by atoms with Gasteiger partial charge in [0, 0.05) is 29.2 Å². The van der Waals surface area contributed by atoms with Gasteiger partial charge in [-0.05, 0) is 36.2 Å². The Balaban J connectivity index is 1.51. The van der Waals surface area contributed by atoms with Crippen LogP contribution in [0.15, 0.2) is 53.3 Å². The van der Waals surface area contributed by atoms with Crippen LogP contribution < -0.4 is 16.2 Å². The first-order chi connectivity index (χ1) is 13.0. The predicted molar refractivity (Wildman–Crippen MR) is 99.3 cm³/mol. The van der Waals surface area contributed by atoms with E-state index >= 15 is 0 Å². The summed E-state index contributed by atoms with van der Waals surface area (Å²) < 4.78 is 13.6. The molecule has 2 aromatic carbocycles. The van der Waals surface area contributed by atoms with Crippen LogP contribution in [0.5, 0.6) is 0 Å². The van der Waals surface area contributed by atoms with Gasteiger partial charge in [-0.3, -0.25) is 14.4 Å². The fourth-order valence-electron chi connectivity index (χ4n) is 3.40. The van der Waals surface area contributed by atoms with Crippen molar-refractivity contribution >= 4 is 28.4 Å². The van der Waals surface area contributed by atoms with Crippen LogP contribution in [0.3, 0.4) is 0 Å². The highest BCUT2D eigenvalue weighted by molar-refractivity contribution is 6.06. The van der Waals surface area contributed by atoms with E-state index in [1.807, 2.05) is 24.3 Å². The topological polar surface area (TPSA) is 91.1 Å². The van der Waals surface area contributed by atoms with Gasteiger partial charge in [-0.15, -0.1) is 0 Å². The van der Waals surface area contributed by atoms with E-state index in [4.69, 9.17) is 0 Å². The summed E-state index contributed by atoms with van der Waals surface area (Å²) in [6.07, 6.45) is 0.421. The summed E-state index contributed by atoms with van der Waals surface area (Å²) in [5.41, 5.74) is 1.74. The second-order valence-corrected chi connectivity index (χ2v) is 6.41. The molecule has 27 heavy (non-hydrogen) atoms. The Hall–Kier alpha value is -3.48. The zero-order valence-electron chi connectivity index (χ0n) is 14.2. The monoisotopic (exact) mass is 365 g/mol. The largest absolute Gasteiger partial charge is 0.352 e. The second-order valence-electron chi connectivity index (χ2n) is 6.41. The number of para-hydroxylation sites is 1. The third-order valence-electron chi connectivity index (χ3n) is 4.68. The van der Waals surface area contributed by atoms with Crippen LogP contribution in [-0.2, 0) is 4.79 Å². The number of nitrogens with one attached hydrogen (secondary N) is 3. The smallest absolute Gasteiger partial charge is 0.252 e. The first-order valence-electron chi connectivity index (χ1n) is 8.53. The number of carbonyl (C=O) groups is 2. The van der Waals surface area contributed by atoms with E-state index in [0.29, 0.717) is 17.3 Å². The van der Waals surface area contributed by atoms with Crippen molar-refractivity contribution in [2.24, 2.45) is 0 Å². The number of amides is 2. The van der Waals surface area contributed by atoms with Gasteiger partial charge in [0.15, 0.2) is 0 Å². The van der Waals surface area contributed by atoms with E-state index < -0.39 is 17.3 Å². The quantitative estimate of drug-likeness (QED) is 0.663. The number of hydrogen-bond donors (Lipinski definition) is 3. The molecule has 0 saturated carbocycles. The Morgan fingerprint density at radius 1 is 1.11 bits per heavy atom. The Bertz CT molecular complexity index is 1120. The number of aromatic nitrogens is 1. The van der Waals surface area contributed by atoms with E-state index in [1.165, 1.54) is 18.2 Å². The molecule has 2 heterocycles. The van der Waals surface area contributed by atoms with Crippen LogP contribution in [0.1, 0.15) is 28.3 Å². The zero-order valence-corrected chi connectivity index (χ0v) is 14.2. The molecular weight excluding hydrogens is 349 g/mol. The van der Waals surface area contributed by atoms with Crippen LogP contribution in [0, 0.1) is 5.82 Å². The maximum atomic E-state index is 13.6. The van der Waals surface area contributed by atoms with Crippen molar-refractivity contribution in [1.82, 2.24) is 10.3 Å². The third-order valence-corrected chi connectivity index (χ3v) is 4.68. The highest BCUT2D eigenvalue weighted by atomic mass is 19.1. The number of aromatic amines is 1. The van der Waals surface area contributed by atoms with E-state index in [-0.39, 0.29) is 23.9 Å². The van der Waals surface area contributed by atoms with E-state index in [0.717, 1.165) is 17.3 Å². The van der Waals surface area contributed by atoms with Crippen LogP contribution >= 0.6 is 0 Å². The molecule has 3 N–H and O–H groups in total. The predicted octanol–water partition coefficient (Wildman–Crippen LogP) is 2.52. The minimum atomic E-state index is -0.497. The molecule has 1 unspecified atom stereocenters. The summed E-state index contributed by atoms with van der Waals surface area (Å²) in [4.78, 5) is 39.0. The van der Waals surface area contributed by atoms with Gasteiger partial charge in [0.25, 0.3) is 5.91 Å². The summed E-state index contributed by atoms with van der Waals surface area (Å²) in [7, 11) is 0. The van der Waals surface area contributed by atoms with Gasteiger partial charge in [0.2, 0.25) is 11.5 Å². The molecule has 3 aromatic rings. The summed E-state index contributed by atoms with van der Waals surface area (Å²) in [6.45, 7) is 0.245. The van der Waals surface area contributed by atoms with Crippen molar-refractivity contribution in [3.63, 3.8) is 0 Å². The lowest BCUT2D eigenvalue weighted by Gasteiger charge is -2.11. The molecule has 0 saturated heterocycles. The molecule has 1 atom stereocenters. The number of carbonyl (C=O) groups excluding carboxylic acids is 2. The fourth-order valence-corrected chi connectivity index (χ4v) is 3.40. The molecule has 6 nitrogen and oxygen atoms in total. The van der Waals surface area contributed by atoms with Crippen molar-refractivity contribution in [2.45, 2.75) is 12.3 Å². The van der Waals surface area contributed by atoms with E-state index in [9.17, 15) is 18.8 Å². The molecule has 0 bridgehead atoms. The molecule has 0 spiro atoms. The first kappa shape index (κ1) is 17.0. The van der Waals surface area contributed by atoms with Gasteiger partial charge in [-0.2, -0.15) is 0 Å². The number of anilines is 1. The Morgan fingerprint density at radius 2 is 1.93 bits per heavy atom. The van der Waals surface area contributed by atoms with E-state index in [1.54, 1.807) is 0 Å². The average Bonchev–Trinajstić information content (AvgIpc) is 2.97. The molecule has 2 amide bonds. The lowest BCUT2D eigenvalue weighted by Crippen LogP contribution is -2.28. The van der Waals surface area contributed by atoms with Crippen LogP contribution in [-0.4, -0.2) is 23.3 Å². The number of halogens is 1. The molecule has 1 aliphatic heterocycles. The normalized spacial score (nSPS) is 15.4. The maximum Gasteiger partial charge on any atom is 0.252 e. The number of fused-ring (bicyclic) bond motifs is 2. The molecule has 0 radical (unpaired) electrons. The fraction of sp³-hybridized carbons (Fsp3) is 0.150. The van der Waals surface area contributed by atoms with Crippen molar-refractivity contribution in [3.8, 4) is 0 Å². The molecule has 136 valence electrons. The lowest BCUT2D eigenvalue weighted by molar-refractivity contribution is -0.117. The first-order valence-corrected chi connectivity index (χ1v) is 8.53. The minimum Gasteiger partial charge on any atom is -0.352 e. The Morgan fingerprint density at radius 3 is 2.78 bits per heavy atom. The van der Waals surface area contributed by atoms with Crippen molar-refractivity contribution in [3.05, 3.63) is 75.8 Å². The standard InChI is InChI=1S/C20H16FN3O3/c21-11-5-6-17-14(9-11)15(10-18(25)23-17)19(26)22-8-7-13-12-3-1-2-4-16(12)24-20(13)27/h1-6,9-10,13H,7-8H2,(H,22,26)(H,23,25)(H,24,27). The van der Waals surface area contributed by atoms with Crippen LogP contribution in [0.2, 0.25) is 0 Å². The summed E-state index contributed by atoms with van der Waals surface area (Å²) >= 11 is 0. The molecule has 1 aromatic heterocycles. The molecule has 0 aliphatic carbocycles. The zero-order chi connectivity index (χ0) is 19.0. The van der Waals surface area contributed by atoms with Crippen molar-refractivity contribution < 1.29 is 14.0 Å². The maximum absolute atomic E-state index is 13.6. The van der Waals surface area contributed by atoms with Crippen molar-refractivity contribution in [2.75, 3.05) is 11.9 Å². The Labute approximate surface area is 153 Å². The summed E-state index contributed by atoms with van der Waals surface area (Å²) in [6, 6.07) is 12.4. The molecule has 7 heteroatoms. The van der Waals surface area contributed by atoms with Crippen molar-refractivity contribution in [1.29, 1.82) is 0 Å². The highest BCUT2D eigenvalue weighted by Gasteiger charge is 2.29. The molecule has 0 fully saturated rings. The van der Waals surface area contributed by atoms with Gasteiger partial charge >= 0.3 is 0 Å². The van der Waals surface area contributed by atoms with Gasteiger partial charge in [0.1, 0.15) is 5.82 Å². The van der Waals surface area contributed by atoms with Gasteiger partial charge in [-0.25, -0.2) is 4.39 Å². The second kappa shape index (κ2) is 6.68. The minimum absolute atomic E-state index is 0.101. The van der Waals surface area contributed by atoms with Crippen LogP contribution in [0.4, 0.5) is 10.1 Å². The summed E-state index contributed by atoms with van der Waals surface area (Å²) in [5, 5.41) is 5.87. The van der Waals surface area contributed by atoms with Gasteiger partial charge in [0.05, 0.1) is 11.5 Å².